The number of nitrogens with zero attached hydrogens (tertiary/aromatic N) is 6. The number of hydrogen-bond acceptors (Lipinski definition) is 8. The molecule has 5 heterocycles. The third-order valence-electron chi connectivity index (χ3n) is 8.06. The van der Waals surface area contributed by atoms with Gasteiger partial charge < -0.3 is 24.3 Å². The number of hydrogen-bond donors (Lipinski definition) is 1. The van der Waals surface area contributed by atoms with Crippen molar-refractivity contribution in [2.45, 2.75) is 82.2 Å². The van der Waals surface area contributed by atoms with Gasteiger partial charge in [-0.15, -0.1) is 10.2 Å². The van der Waals surface area contributed by atoms with Crippen LogP contribution in [-0.4, -0.2) is 74.0 Å². The number of anilines is 1. The van der Waals surface area contributed by atoms with Crippen molar-refractivity contribution in [2.24, 2.45) is 5.92 Å². The molecule has 1 aliphatic carbocycles. The molecule has 2 saturated heterocycles. The Kier molecular flexibility index (Phi) is 6.87. The molecule has 206 valence electrons. The van der Waals surface area contributed by atoms with Gasteiger partial charge in [-0.25, -0.2) is 4.98 Å². The van der Waals surface area contributed by atoms with Crippen LogP contribution in [-0.2, 0) is 28.7 Å². The Balaban J connectivity index is 1.14. The summed E-state index contributed by atoms with van der Waals surface area (Å²) < 4.78 is 53.0. The fourth-order valence-electron chi connectivity index (χ4n) is 5.95. The van der Waals surface area contributed by atoms with E-state index in [1.807, 2.05) is 4.90 Å². The van der Waals surface area contributed by atoms with Crippen LogP contribution in [0, 0.1) is 5.92 Å². The Morgan fingerprint density at radius 2 is 1.92 bits per heavy atom. The normalized spacial score (nSPS) is 26.1. The van der Waals surface area contributed by atoms with Crippen molar-refractivity contribution in [1.82, 2.24) is 29.6 Å². The average Bonchev–Trinajstić information content (AvgIpc) is 3.55. The molecule has 3 atom stereocenters. The number of fused-ring (bicyclic) bond motifs is 1. The van der Waals surface area contributed by atoms with E-state index >= 15 is 0 Å². The minimum absolute atomic E-state index is 0.0380. The Morgan fingerprint density at radius 1 is 1.11 bits per heavy atom. The van der Waals surface area contributed by atoms with Crippen molar-refractivity contribution in [3.63, 3.8) is 0 Å². The lowest BCUT2D eigenvalue weighted by molar-refractivity contribution is -0.142. The lowest BCUT2D eigenvalue weighted by Crippen LogP contribution is -2.39. The molecule has 1 amide bonds. The van der Waals surface area contributed by atoms with Crippen LogP contribution in [0.1, 0.15) is 68.1 Å². The van der Waals surface area contributed by atoms with Gasteiger partial charge in [0.2, 0.25) is 17.7 Å². The van der Waals surface area contributed by atoms with Gasteiger partial charge in [0.25, 0.3) is 0 Å². The summed E-state index contributed by atoms with van der Waals surface area (Å²) in [7, 11) is 0. The van der Waals surface area contributed by atoms with E-state index in [9.17, 15) is 18.0 Å². The Labute approximate surface area is 218 Å². The molecule has 10 nitrogen and oxygen atoms in total. The molecular weight excluding hydrogens is 503 g/mol. The fourth-order valence-corrected chi connectivity index (χ4v) is 5.95. The molecule has 0 spiro atoms. The van der Waals surface area contributed by atoms with Crippen LogP contribution in [0.5, 0.6) is 5.88 Å². The zero-order chi connectivity index (χ0) is 26.3. The fraction of sp³-hybridized carbons (Fsp3) is 0.720. The van der Waals surface area contributed by atoms with Crippen LogP contribution in [0.25, 0.3) is 0 Å². The van der Waals surface area contributed by atoms with E-state index in [4.69, 9.17) is 9.47 Å². The largest absolute Gasteiger partial charge is 0.469 e. The Bertz CT molecular complexity index is 1160. The zero-order valence-electron chi connectivity index (χ0n) is 21.1. The standard InChI is InChI=1S/C25H32F3N7O3/c26-25(27,28)19-11-29-24(31-22(19)38-18-13-37-14-18)30-17-5-3-4-15(10-17)21-33-32-20-7-6-16(12-35(20)21)23(36)34-8-1-2-9-34/h11,15-18H,1-10,12-14H2,(H,29,30,31)/t15-,16?,17+/m0/s1. The summed E-state index contributed by atoms with van der Waals surface area (Å²) in [5, 5.41) is 12.2. The minimum atomic E-state index is -4.62. The molecule has 4 aliphatic rings. The molecule has 2 aromatic heterocycles. The van der Waals surface area contributed by atoms with Gasteiger partial charge in [0.15, 0.2) is 0 Å². The van der Waals surface area contributed by atoms with Crippen molar-refractivity contribution >= 4 is 11.9 Å². The molecular formula is C25H32F3N7O3. The molecule has 0 aromatic carbocycles. The molecule has 1 N–H and O–H groups in total. The number of alkyl halides is 3. The molecule has 3 aliphatic heterocycles. The first-order chi connectivity index (χ1) is 18.3. The van der Waals surface area contributed by atoms with Gasteiger partial charge in [-0.2, -0.15) is 18.2 Å². The van der Waals surface area contributed by atoms with E-state index < -0.39 is 23.7 Å². The molecule has 1 saturated carbocycles. The number of likely N-dealkylation sites (tertiary alicyclic amines) is 1. The van der Waals surface area contributed by atoms with E-state index in [1.165, 1.54) is 0 Å². The van der Waals surface area contributed by atoms with E-state index in [0.717, 1.165) is 82.3 Å². The number of carbonyl (C=O) groups excluding carboxylic acids is 1. The molecule has 3 fully saturated rings. The molecule has 13 heteroatoms. The monoisotopic (exact) mass is 535 g/mol. The summed E-state index contributed by atoms with van der Waals surface area (Å²) in [6.45, 7) is 2.78. The highest BCUT2D eigenvalue weighted by atomic mass is 19.4. The molecule has 2 aromatic rings. The van der Waals surface area contributed by atoms with Crippen LogP contribution in [0.4, 0.5) is 19.1 Å². The van der Waals surface area contributed by atoms with Gasteiger partial charge in [-0.1, -0.05) is 6.42 Å². The van der Waals surface area contributed by atoms with Gasteiger partial charge in [0, 0.05) is 44.2 Å². The maximum absolute atomic E-state index is 13.5. The highest BCUT2D eigenvalue weighted by Gasteiger charge is 2.38. The van der Waals surface area contributed by atoms with E-state index in [2.05, 4.69) is 30.0 Å². The lowest BCUT2D eigenvalue weighted by Gasteiger charge is -2.32. The third kappa shape index (κ3) is 5.16. The predicted molar refractivity (Wildman–Crippen MR) is 129 cm³/mol. The highest BCUT2D eigenvalue weighted by molar-refractivity contribution is 5.79. The number of aromatic nitrogens is 5. The Morgan fingerprint density at radius 3 is 2.66 bits per heavy atom. The van der Waals surface area contributed by atoms with Gasteiger partial charge in [0.1, 0.15) is 23.3 Å². The van der Waals surface area contributed by atoms with Crippen molar-refractivity contribution in [3.05, 3.63) is 23.4 Å². The summed E-state index contributed by atoms with van der Waals surface area (Å²) in [6.07, 6.45) is 2.81. The maximum atomic E-state index is 13.5. The van der Waals surface area contributed by atoms with Crippen LogP contribution in [0.2, 0.25) is 0 Å². The summed E-state index contributed by atoms with van der Waals surface area (Å²) >= 11 is 0. The number of ether oxygens (including phenoxy) is 2. The number of aryl methyl sites for hydroxylation is 1. The van der Waals surface area contributed by atoms with Crippen LogP contribution < -0.4 is 10.1 Å². The Hall–Kier alpha value is -2.96. The van der Waals surface area contributed by atoms with Crippen LogP contribution in [0.15, 0.2) is 6.20 Å². The first-order valence-electron chi connectivity index (χ1n) is 13.5. The van der Waals surface area contributed by atoms with Crippen molar-refractivity contribution < 1.29 is 27.4 Å². The van der Waals surface area contributed by atoms with E-state index in [1.54, 1.807) is 0 Å². The van der Waals surface area contributed by atoms with E-state index in [-0.39, 0.29) is 42.9 Å². The number of carbonyl (C=O) groups is 1. The summed E-state index contributed by atoms with van der Waals surface area (Å²) in [6, 6.07) is -0.0380. The maximum Gasteiger partial charge on any atom is 0.423 e. The molecule has 38 heavy (non-hydrogen) atoms. The topological polar surface area (TPSA) is 107 Å². The second-order valence-electron chi connectivity index (χ2n) is 10.7. The smallest absolute Gasteiger partial charge is 0.423 e. The van der Waals surface area contributed by atoms with Gasteiger partial charge in [-0.05, 0) is 38.5 Å². The van der Waals surface area contributed by atoms with Gasteiger partial charge >= 0.3 is 6.18 Å². The minimum Gasteiger partial charge on any atom is -0.469 e. The second-order valence-corrected chi connectivity index (χ2v) is 10.7. The van der Waals surface area contributed by atoms with Crippen molar-refractivity contribution in [2.75, 3.05) is 31.6 Å². The molecule has 0 bridgehead atoms. The first-order valence-corrected chi connectivity index (χ1v) is 13.5. The number of nitrogens with one attached hydrogen (secondary N) is 1. The van der Waals surface area contributed by atoms with Crippen LogP contribution >= 0.6 is 0 Å². The molecule has 6 rings (SSSR count). The quantitative estimate of drug-likeness (QED) is 0.601. The first kappa shape index (κ1) is 25.3. The second kappa shape index (κ2) is 10.3. The van der Waals surface area contributed by atoms with Crippen molar-refractivity contribution in [3.8, 4) is 5.88 Å². The van der Waals surface area contributed by atoms with E-state index in [0.29, 0.717) is 6.54 Å². The number of rotatable bonds is 6. The molecule has 1 unspecified atom stereocenters. The van der Waals surface area contributed by atoms with Gasteiger partial charge in [-0.3, -0.25) is 4.79 Å². The van der Waals surface area contributed by atoms with Crippen LogP contribution in [0.3, 0.4) is 0 Å². The summed E-state index contributed by atoms with van der Waals surface area (Å²) in [5.41, 5.74) is -0.996. The third-order valence-corrected chi connectivity index (χ3v) is 8.06. The number of amides is 1. The summed E-state index contributed by atoms with van der Waals surface area (Å²) in [5.74, 6) is 1.77. The molecule has 0 radical (unpaired) electrons. The number of halogens is 3. The SMILES string of the molecule is O=C(C1CCc2nnc([C@H]3CCC[C@@H](Nc4ncc(C(F)(F)F)c(OC5COC5)n4)C3)n2C1)N1CCCC1. The zero-order valence-corrected chi connectivity index (χ0v) is 21.1. The highest BCUT2D eigenvalue weighted by Crippen LogP contribution is 2.38. The van der Waals surface area contributed by atoms with Gasteiger partial charge in [0.05, 0.1) is 19.1 Å². The predicted octanol–water partition coefficient (Wildman–Crippen LogP) is 3.19. The summed E-state index contributed by atoms with van der Waals surface area (Å²) in [4.78, 5) is 23.1. The average molecular weight is 536 g/mol. The lowest BCUT2D eigenvalue weighted by atomic mass is 9.84. The van der Waals surface area contributed by atoms with Crippen molar-refractivity contribution in [1.29, 1.82) is 0 Å².